The molecule has 0 amide bonds. The average Bonchev–Trinajstić information content (AvgIpc) is 2.88. The molecule has 1 aliphatic heterocycles. The summed E-state index contributed by atoms with van der Waals surface area (Å²) in [6, 6.07) is 0. The van der Waals surface area contributed by atoms with E-state index in [0.29, 0.717) is 17.3 Å². The van der Waals surface area contributed by atoms with E-state index in [4.69, 9.17) is 5.73 Å². The van der Waals surface area contributed by atoms with Gasteiger partial charge < -0.3 is 10.6 Å². The highest BCUT2D eigenvalue weighted by atomic mass is 15.4. The maximum Gasteiger partial charge on any atom is 0.244 e. The van der Waals surface area contributed by atoms with E-state index in [0.717, 1.165) is 44.2 Å². The zero-order valence-corrected chi connectivity index (χ0v) is 12.6. The van der Waals surface area contributed by atoms with E-state index in [1.54, 1.807) is 0 Å². The van der Waals surface area contributed by atoms with Crippen LogP contribution in [0.2, 0.25) is 0 Å². The number of nitrogens with one attached hydrogen (secondary N) is 1. The van der Waals surface area contributed by atoms with E-state index in [1.807, 2.05) is 0 Å². The Morgan fingerprint density at radius 2 is 1.95 bits per heavy atom. The number of nitrogens with two attached hydrogens (primary N) is 1. The normalized spacial score (nSPS) is 20.8. The molecule has 2 heterocycles. The van der Waals surface area contributed by atoms with Crippen LogP contribution in [-0.2, 0) is 0 Å². The molecule has 1 atom stereocenters. The van der Waals surface area contributed by atoms with Crippen LogP contribution in [-0.4, -0.2) is 34.8 Å². The smallest absolute Gasteiger partial charge is 0.244 e. The Kier molecular flexibility index (Phi) is 4.13. The van der Waals surface area contributed by atoms with Gasteiger partial charge in [-0.3, -0.25) is 5.10 Å². The first-order valence-corrected chi connectivity index (χ1v) is 7.32. The lowest BCUT2D eigenvalue weighted by atomic mass is 9.81. The van der Waals surface area contributed by atoms with E-state index >= 15 is 0 Å². The molecule has 1 fully saturated rings. The van der Waals surface area contributed by atoms with Crippen LogP contribution in [0.15, 0.2) is 0 Å². The van der Waals surface area contributed by atoms with Crippen molar-refractivity contribution in [3.63, 3.8) is 0 Å². The van der Waals surface area contributed by atoms with Crippen LogP contribution in [0.3, 0.4) is 0 Å². The summed E-state index contributed by atoms with van der Waals surface area (Å²) in [5.41, 5.74) is 6.14. The van der Waals surface area contributed by atoms with Gasteiger partial charge in [0.2, 0.25) is 5.95 Å². The standard InChI is InChI=1S/C14H27N5/c1-10(2)11(3)12-16-13(18-17-12)19-7-5-14(4,9-15)6-8-19/h10-11H,5-9,15H2,1-4H3,(H,16,17,18). The number of nitrogens with zero attached hydrogens (tertiary/aromatic N) is 3. The molecule has 0 spiro atoms. The van der Waals surface area contributed by atoms with Gasteiger partial charge in [0.05, 0.1) is 0 Å². The largest absolute Gasteiger partial charge is 0.340 e. The molecule has 0 radical (unpaired) electrons. The van der Waals surface area contributed by atoms with Gasteiger partial charge in [-0.15, -0.1) is 5.10 Å². The van der Waals surface area contributed by atoms with Crippen molar-refractivity contribution in [2.24, 2.45) is 17.1 Å². The number of H-pyrrole nitrogens is 1. The Morgan fingerprint density at radius 3 is 2.47 bits per heavy atom. The fourth-order valence-electron chi connectivity index (χ4n) is 2.38. The van der Waals surface area contributed by atoms with Gasteiger partial charge in [-0.1, -0.05) is 27.7 Å². The SMILES string of the molecule is CC(C)C(C)c1nc(N2CCC(C)(CN)CC2)n[nH]1. The Labute approximate surface area is 116 Å². The first-order chi connectivity index (χ1) is 8.95. The summed E-state index contributed by atoms with van der Waals surface area (Å²) in [5.74, 6) is 2.83. The number of piperidine rings is 1. The summed E-state index contributed by atoms with van der Waals surface area (Å²) in [7, 11) is 0. The van der Waals surface area contributed by atoms with Gasteiger partial charge in [-0.2, -0.15) is 4.98 Å². The van der Waals surface area contributed by atoms with Gasteiger partial charge in [-0.25, -0.2) is 0 Å². The highest BCUT2D eigenvalue weighted by molar-refractivity contribution is 5.30. The summed E-state index contributed by atoms with van der Waals surface area (Å²) in [5, 5.41) is 7.47. The molecule has 2 rings (SSSR count). The molecule has 0 saturated carbocycles. The number of hydrogen-bond acceptors (Lipinski definition) is 4. The number of anilines is 1. The fraction of sp³-hybridized carbons (Fsp3) is 0.857. The van der Waals surface area contributed by atoms with Crippen molar-refractivity contribution in [1.82, 2.24) is 15.2 Å². The quantitative estimate of drug-likeness (QED) is 0.875. The molecule has 0 aliphatic carbocycles. The summed E-state index contributed by atoms with van der Waals surface area (Å²) in [4.78, 5) is 6.93. The lowest BCUT2D eigenvalue weighted by Crippen LogP contribution is -2.42. The van der Waals surface area contributed by atoms with Crippen LogP contribution in [0, 0.1) is 11.3 Å². The number of hydrogen-bond donors (Lipinski definition) is 2. The Hall–Kier alpha value is -1.10. The minimum absolute atomic E-state index is 0.293. The molecule has 5 nitrogen and oxygen atoms in total. The maximum absolute atomic E-state index is 5.84. The molecule has 0 bridgehead atoms. The number of rotatable bonds is 4. The van der Waals surface area contributed by atoms with Gasteiger partial charge in [0, 0.05) is 19.0 Å². The van der Waals surface area contributed by atoms with Crippen molar-refractivity contribution in [2.75, 3.05) is 24.5 Å². The van der Waals surface area contributed by atoms with Crippen molar-refractivity contribution in [3.8, 4) is 0 Å². The highest BCUT2D eigenvalue weighted by Crippen LogP contribution is 2.31. The fourth-order valence-corrected chi connectivity index (χ4v) is 2.38. The first kappa shape index (κ1) is 14.3. The Balaban J connectivity index is 2.01. The minimum atomic E-state index is 0.293. The summed E-state index contributed by atoms with van der Waals surface area (Å²) < 4.78 is 0. The monoisotopic (exact) mass is 265 g/mol. The molecule has 108 valence electrons. The van der Waals surface area contributed by atoms with Crippen LogP contribution in [0.1, 0.15) is 52.3 Å². The predicted molar refractivity (Wildman–Crippen MR) is 78.2 cm³/mol. The zero-order valence-electron chi connectivity index (χ0n) is 12.6. The molecule has 0 aromatic carbocycles. The third-order valence-corrected chi connectivity index (χ3v) is 4.67. The van der Waals surface area contributed by atoms with Gasteiger partial charge in [0.25, 0.3) is 0 Å². The third kappa shape index (κ3) is 3.08. The Morgan fingerprint density at radius 1 is 1.32 bits per heavy atom. The van der Waals surface area contributed by atoms with Crippen LogP contribution in [0.5, 0.6) is 0 Å². The van der Waals surface area contributed by atoms with Crippen molar-refractivity contribution in [1.29, 1.82) is 0 Å². The molecule has 1 unspecified atom stereocenters. The van der Waals surface area contributed by atoms with Crippen molar-refractivity contribution in [3.05, 3.63) is 5.82 Å². The molecule has 3 N–H and O–H groups in total. The van der Waals surface area contributed by atoms with Crippen LogP contribution >= 0.6 is 0 Å². The molecule has 1 aromatic rings. The second kappa shape index (κ2) is 5.49. The first-order valence-electron chi connectivity index (χ1n) is 7.32. The highest BCUT2D eigenvalue weighted by Gasteiger charge is 2.30. The second-order valence-corrected chi connectivity index (χ2v) is 6.56. The minimum Gasteiger partial charge on any atom is -0.340 e. The van der Waals surface area contributed by atoms with Crippen LogP contribution in [0.4, 0.5) is 5.95 Å². The zero-order chi connectivity index (χ0) is 14.0. The second-order valence-electron chi connectivity index (χ2n) is 6.56. The van der Waals surface area contributed by atoms with Gasteiger partial charge in [0.15, 0.2) is 0 Å². The van der Waals surface area contributed by atoms with Crippen LogP contribution in [0.25, 0.3) is 0 Å². The van der Waals surface area contributed by atoms with Crippen molar-refractivity contribution < 1.29 is 0 Å². The molecule has 1 saturated heterocycles. The summed E-state index contributed by atoms with van der Waals surface area (Å²) >= 11 is 0. The van der Waals surface area contributed by atoms with Gasteiger partial charge in [0.1, 0.15) is 5.82 Å². The van der Waals surface area contributed by atoms with E-state index in [-0.39, 0.29) is 0 Å². The van der Waals surface area contributed by atoms with E-state index in [1.165, 1.54) is 0 Å². The third-order valence-electron chi connectivity index (χ3n) is 4.67. The average molecular weight is 265 g/mol. The summed E-state index contributed by atoms with van der Waals surface area (Å²) in [6.45, 7) is 11.7. The van der Waals surface area contributed by atoms with Crippen LogP contribution < -0.4 is 10.6 Å². The molecular weight excluding hydrogens is 238 g/mol. The van der Waals surface area contributed by atoms with E-state index in [9.17, 15) is 0 Å². The van der Waals surface area contributed by atoms with E-state index < -0.39 is 0 Å². The molecular formula is C14H27N5. The van der Waals surface area contributed by atoms with Gasteiger partial charge >= 0.3 is 0 Å². The number of aromatic amines is 1. The predicted octanol–water partition coefficient (Wildman–Crippen LogP) is 2.13. The lowest BCUT2D eigenvalue weighted by molar-refractivity contribution is 0.257. The van der Waals surface area contributed by atoms with E-state index in [2.05, 4.69) is 47.8 Å². The molecule has 1 aromatic heterocycles. The molecule has 19 heavy (non-hydrogen) atoms. The maximum atomic E-state index is 5.84. The van der Waals surface area contributed by atoms with Crippen molar-refractivity contribution >= 4 is 5.95 Å². The molecule has 1 aliphatic rings. The lowest BCUT2D eigenvalue weighted by Gasteiger charge is -2.38. The number of aromatic nitrogens is 3. The van der Waals surface area contributed by atoms with Gasteiger partial charge in [-0.05, 0) is 30.7 Å². The summed E-state index contributed by atoms with van der Waals surface area (Å²) in [6.07, 6.45) is 2.24. The topological polar surface area (TPSA) is 70.8 Å². The molecule has 5 heteroatoms. The van der Waals surface area contributed by atoms with Crippen molar-refractivity contribution in [2.45, 2.75) is 46.5 Å². The Bertz CT molecular complexity index is 404.